The van der Waals surface area contributed by atoms with E-state index in [-0.39, 0.29) is 12.1 Å². The molecule has 1 aliphatic rings. The summed E-state index contributed by atoms with van der Waals surface area (Å²) in [6, 6.07) is 16.2. The van der Waals surface area contributed by atoms with E-state index in [1.54, 1.807) is 25.2 Å². The van der Waals surface area contributed by atoms with Crippen LogP contribution in [-0.2, 0) is 11.3 Å². The number of methoxy groups -OCH3 is 2. The Bertz CT molecular complexity index is 1350. The molecule has 4 rings (SSSR count). The third-order valence-electron chi connectivity index (χ3n) is 7.07. The van der Waals surface area contributed by atoms with E-state index in [0.717, 1.165) is 28.3 Å². The van der Waals surface area contributed by atoms with Crippen molar-refractivity contribution in [2.45, 2.75) is 58.7 Å². The standard InChI is InChI=1S/C32H38F2N2O4/c1-21-16-24(18-29(38-5)30(21)39-6)23-9-7-8-22(17-23)20-36(26-10-11-27(33)28(34)19-26)25-12-14-35(15-13-25)31(37)40-32(2,3)4/h7-11,16-19,25H,12-15,20H2,1-6H3. The summed E-state index contributed by atoms with van der Waals surface area (Å²) in [4.78, 5) is 16.4. The molecule has 214 valence electrons. The Morgan fingerprint density at radius 3 is 2.30 bits per heavy atom. The predicted molar refractivity (Wildman–Crippen MR) is 153 cm³/mol. The Hall–Kier alpha value is -3.81. The average molecular weight is 553 g/mol. The fourth-order valence-corrected chi connectivity index (χ4v) is 5.15. The van der Waals surface area contributed by atoms with Gasteiger partial charge in [-0.05, 0) is 93.1 Å². The van der Waals surface area contributed by atoms with Crippen molar-refractivity contribution in [1.29, 1.82) is 0 Å². The molecule has 1 heterocycles. The zero-order valence-corrected chi connectivity index (χ0v) is 24.1. The summed E-state index contributed by atoms with van der Waals surface area (Å²) in [6.45, 7) is 9.04. The number of anilines is 1. The summed E-state index contributed by atoms with van der Waals surface area (Å²) in [5, 5.41) is 0. The van der Waals surface area contributed by atoms with E-state index in [1.807, 2.05) is 52.0 Å². The predicted octanol–water partition coefficient (Wildman–Crippen LogP) is 7.36. The number of halogens is 2. The van der Waals surface area contributed by atoms with E-state index in [0.29, 0.717) is 49.7 Å². The molecule has 0 unspecified atom stereocenters. The van der Waals surface area contributed by atoms with E-state index in [1.165, 1.54) is 6.07 Å². The minimum Gasteiger partial charge on any atom is -0.493 e. The van der Waals surface area contributed by atoms with Crippen LogP contribution in [-0.4, -0.2) is 49.9 Å². The van der Waals surface area contributed by atoms with Gasteiger partial charge in [0.25, 0.3) is 0 Å². The molecule has 3 aromatic carbocycles. The van der Waals surface area contributed by atoms with Crippen molar-refractivity contribution in [2.75, 3.05) is 32.2 Å². The molecule has 0 atom stereocenters. The molecule has 0 bridgehead atoms. The van der Waals surface area contributed by atoms with E-state index in [4.69, 9.17) is 14.2 Å². The molecule has 0 saturated carbocycles. The van der Waals surface area contributed by atoms with Gasteiger partial charge in [-0.3, -0.25) is 0 Å². The molecule has 0 radical (unpaired) electrons. The third kappa shape index (κ3) is 6.84. The number of hydrogen-bond acceptors (Lipinski definition) is 5. The summed E-state index contributed by atoms with van der Waals surface area (Å²) in [5.74, 6) is -0.412. The number of carbonyl (C=O) groups excluding carboxylic acids is 1. The molecule has 0 spiro atoms. The lowest BCUT2D eigenvalue weighted by atomic mass is 9.98. The van der Waals surface area contributed by atoms with Crippen molar-refractivity contribution in [3.63, 3.8) is 0 Å². The van der Waals surface area contributed by atoms with Gasteiger partial charge >= 0.3 is 6.09 Å². The third-order valence-corrected chi connectivity index (χ3v) is 7.07. The van der Waals surface area contributed by atoms with Crippen LogP contribution in [0.25, 0.3) is 11.1 Å². The van der Waals surface area contributed by atoms with Crippen molar-refractivity contribution in [1.82, 2.24) is 4.90 Å². The lowest BCUT2D eigenvalue weighted by Crippen LogP contribution is -2.48. The van der Waals surface area contributed by atoms with Gasteiger partial charge in [0.1, 0.15) is 5.60 Å². The number of benzene rings is 3. The van der Waals surface area contributed by atoms with Crippen molar-refractivity contribution in [3.05, 3.63) is 77.4 Å². The second-order valence-corrected chi connectivity index (χ2v) is 11.2. The molecule has 0 N–H and O–H groups in total. The Morgan fingerprint density at radius 2 is 1.68 bits per heavy atom. The van der Waals surface area contributed by atoms with Crippen LogP contribution in [0.15, 0.2) is 54.6 Å². The number of hydrogen-bond donors (Lipinski definition) is 0. The minimum absolute atomic E-state index is 0.0236. The molecular weight excluding hydrogens is 514 g/mol. The topological polar surface area (TPSA) is 51.2 Å². The lowest BCUT2D eigenvalue weighted by Gasteiger charge is -2.40. The summed E-state index contributed by atoms with van der Waals surface area (Å²) in [7, 11) is 3.24. The zero-order chi connectivity index (χ0) is 29.0. The Kier molecular flexibility index (Phi) is 8.86. The normalized spacial score (nSPS) is 14.2. The molecule has 1 amide bonds. The van der Waals surface area contributed by atoms with Crippen LogP contribution in [0.3, 0.4) is 0 Å². The number of likely N-dealkylation sites (tertiary alicyclic amines) is 1. The van der Waals surface area contributed by atoms with Crippen molar-refractivity contribution in [3.8, 4) is 22.6 Å². The van der Waals surface area contributed by atoms with Gasteiger partial charge in [-0.1, -0.05) is 18.2 Å². The van der Waals surface area contributed by atoms with Crippen LogP contribution in [0.1, 0.15) is 44.7 Å². The van der Waals surface area contributed by atoms with Gasteiger partial charge in [-0.2, -0.15) is 0 Å². The van der Waals surface area contributed by atoms with Crippen LogP contribution in [0.2, 0.25) is 0 Å². The maximum atomic E-state index is 14.3. The molecule has 0 aromatic heterocycles. The van der Waals surface area contributed by atoms with Crippen molar-refractivity contribution < 1.29 is 27.8 Å². The van der Waals surface area contributed by atoms with Gasteiger partial charge in [-0.25, -0.2) is 13.6 Å². The Labute approximate surface area is 235 Å². The van der Waals surface area contributed by atoms with Gasteiger partial charge in [-0.15, -0.1) is 0 Å². The van der Waals surface area contributed by atoms with E-state index < -0.39 is 17.2 Å². The summed E-state index contributed by atoms with van der Waals surface area (Å²) < 4.78 is 44.7. The molecule has 40 heavy (non-hydrogen) atoms. The second-order valence-electron chi connectivity index (χ2n) is 11.2. The van der Waals surface area contributed by atoms with Gasteiger partial charge in [0.05, 0.1) is 14.2 Å². The first kappa shape index (κ1) is 29.2. The minimum atomic E-state index is -0.886. The summed E-state index contributed by atoms with van der Waals surface area (Å²) in [5.41, 5.74) is 4.01. The van der Waals surface area contributed by atoms with Crippen LogP contribution in [0.4, 0.5) is 19.3 Å². The SMILES string of the molecule is COc1cc(-c2cccc(CN(c3ccc(F)c(F)c3)C3CCN(C(=O)OC(C)(C)C)CC3)c2)cc(C)c1OC. The highest BCUT2D eigenvalue weighted by Gasteiger charge is 2.30. The lowest BCUT2D eigenvalue weighted by molar-refractivity contribution is 0.0204. The van der Waals surface area contributed by atoms with Crippen LogP contribution in [0, 0.1) is 18.6 Å². The number of carbonyl (C=O) groups is 1. The monoisotopic (exact) mass is 552 g/mol. The molecule has 0 aliphatic carbocycles. The molecule has 1 fully saturated rings. The number of aryl methyl sites for hydroxylation is 1. The highest BCUT2D eigenvalue weighted by molar-refractivity contribution is 5.70. The van der Waals surface area contributed by atoms with Crippen molar-refractivity contribution in [2.24, 2.45) is 0 Å². The number of ether oxygens (including phenoxy) is 3. The number of nitrogens with zero attached hydrogens (tertiary/aromatic N) is 2. The van der Waals surface area contributed by atoms with Gasteiger partial charge < -0.3 is 24.0 Å². The first-order valence-electron chi connectivity index (χ1n) is 13.5. The molecular formula is C32H38F2N2O4. The average Bonchev–Trinajstić information content (AvgIpc) is 2.92. The molecule has 6 nitrogen and oxygen atoms in total. The van der Waals surface area contributed by atoms with Crippen LogP contribution in [0.5, 0.6) is 11.5 Å². The first-order chi connectivity index (χ1) is 19.0. The maximum absolute atomic E-state index is 14.3. The van der Waals surface area contributed by atoms with E-state index in [9.17, 15) is 13.6 Å². The summed E-state index contributed by atoms with van der Waals surface area (Å²) in [6.07, 6.45) is 1.02. The fourth-order valence-electron chi connectivity index (χ4n) is 5.15. The molecule has 1 saturated heterocycles. The number of rotatable bonds is 7. The van der Waals surface area contributed by atoms with E-state index >= 15 is 0 Å². The highest BCUT2D eigenvalue weighted by atomic mass is 19.2. The largest absolute Gasteiger partial charge is 0.493 e. The quantitative estimate of drug-likeness (QED) is 0.307. The van der Waals surface area contributed by atoms with Gasteiger partial charge in [0, 0.05) is 37.4 Å². The fraction of sp³-hybridized carbons (Fsp3) is 0.406. The number of amides is 1. The van der Waals surface area contributed by atoms with Crippen LogP contribution >= 0.6 is 0 Å². The first-order valence-corrected chi connectivity index (χ1v) is 13.5. The maximum Gasteiger partial charge on any atom is 0.410 e. The van der Waals surface area contributed by atoms with Crippen molar-refractivity contribution >= 4 is 11.8 Å². The zero-order valence-electron chi connectivity index (χ0n) is 24.1. The summed E-state index contributed by atoms with van der Waals surface area (Å²) >= 11 is 0. The van der Waals surface area contributed by atoms with Crippen LogP contribution < -0.4 is 14.4 Å². The molecule has 1 aliphatic heterocycles. The molecule has 3 aromatic rings. The van der Waals surface area contributed by atoms with Gasteiger partial charge in [0.15, 0.2) is 23.1 Å². The van der Waals surface area contributed by atoms with E-state index in [2.05, 4.69) is 17.0 Å². The Morgan fingerprint density at radius 1 is 0.950 bits per heavy atom. The van der Waals surface area contributed by atoms with Gasteiger partial charge in [0.2, 0.25) is 0 Å². The Balaban J connectivity index is 1.60. The highest BCUT2D eigenvalue weighted by Crippen LogP contribution is 2.36. The number of piperidine rings is 1. The second kappa shape index (κ2) is 12.1. The molecule has 8 heteroatoms. The smallest absolute Gasteiger partial charge is 0.410 e.